The lowest BCUT2D eigenvalue weighted by molar-refractivity contribution is -0.164. The molecule has 4 aliphatic rings. The molecule has 4 aliphatic carbocycles. The van der Waals surface area contributed by atoms with Crippen LogP contribution >= 0.6 is 0 Å². The van der Waals surface area contributed by atoms with Gasteiger partial charge >= 0.3 is 0 Å². The minimum atomic E-state index is -0.892. The van der Waals surface area contributed by atoms with Gasteiger partial charge in [-0.1, -0.05) is 60.7 Å². The Morgan fingerprint density at radius 2 is 1.37 bits per heavy atom. The number of allylic oxidation sites excluding steroid dienone is 1. The lowest BCUT2D eigenvalue weighted by atomic mass is 9.44. The van der Waals surface area contributed by atoms with Gasteiger partial charge in [-0.25, -0.2) is 0 Å². The first-order chi connectivity index (χ1) is 13.1. The molecule has 4 bridgehead atoms. The van der Waals surface area contributed by atoms with Gasteiger partial charge in [-0.3, -0.25) is 0 Å². The first-order valence-corrected chi connectivity index (χ1v) is 10.6. The van der Waals surface area contributed by atoms with Gasteiger partial charge in [-0.2, -0.15) is 0 Å². The van der Waals surface area contributed by atoms with Crippen LogP contribution in [-0.4, -0.2) is 5.11 Å². The summed E-state index contributed by atoms with van der Waals surface area (Å²) in [6.07, 6.45) is 10.5. The highest BCUT2D eigenvalue weighted by atomic mass is 16.3. The van der Waals surface area contributed by atoms with Crippen molar-refractivity contribution >= 4 is 0 Å². The van der Waals surface area contributed by atoms with Crippen LogP contribution in [-0.2, 0) is 12.0 Å². The zero-order valence-electron chi connectivity index (χ0n) is 16.1. The van der Waals surface area contributed by atoms with Crippen molar-refractivity contribution in [3.05, 3.63) is 83.9 Å². The van der Waals surface area contributed by atoms with Crippen molar-refractivity contribution < 1.29 is 5.11 Å². The topological polar surface area (TPSA) is 20.2 Å². The third kappa shape index (κ3) is 2.63. The van der Waals surface area contributed by atoms with E-state index in [1.165, 1.54) is 44.1 Å². The van der Waals surface area contributed by atoms with Gasteiger partial charge in [0.05, 0.1) is 0 Å². The highest BCUT2D eigenvalue weighted by Crippen LogP contribution is 2.67. The van der Waals surface area contributed by atoms with Crippen LogP contribution in [0.3, 0.4) is 0 Å². The Morgan fingerprint density at radius 3 is 1.89 bits per heavy atom. The third-order valence-electron chi connectivity index (χ3n) is 7.75. The summed E-state index contributed by atoms with van der Waals surface area (Å²) >= 11 is 0. The largest absolute Gasteiger partial charge is 0.380 e. The average Bonchev–Trinajstić information content (AvgIpc) is 2.68. The molecule has 140 valence electrons. The van der Waals surface area contributed by atoms with E-state index in [1.807, 2.05) is 6.08 Å². The third-order valence-corrected chi connectivity index (χ3v) is 7.75. The number of hydrogen-bond acceptors (Lipinski definition) is 1. The summed E-state index contributed by atoms with van der Waals surface area (Å²) in [5, 5.41) is 12.5. The van der Waals surface area contributed by atoms with Gasteiger partial charge in [-0.05, 0) is 79.4 Å². The van der Waals surface area contributed by atoms with E-state index in [0.29, 0.717) is 0 Å². The zero-order valence-corrected chi connectivity index (χ0v) is 16.1. The highest BCUT2D eigenvalue weighted by Gasteiger charge is 2.61. The summed E-state index contributed by atoms with van der Waals surface area (Å²) in [4.78, 5) is 0. The molecule has 0 aromatic heterocycles. The molecule has 0 radical (unpaired) electrons. The SMILES string of the molecule is C=CCc1ccc(C(O)(c2ccccc2)C23CC4CC(CC(C4)C2)C3)cc1. The van der Waals surface area contributed by atoms with Crippen molar-refractivity contribution in [3.63, 3.8) is 0 Å². The Hall–Kier alpha value is -1.86. The second kappa shape index (κ2) is 6.34. The van der Waals surface area contributed by atoms with Gasteiger partial charge in [-0.15, -0.1) is 6.58 Å². The lowest BCUT2D eigenvalue weighted by Crippen LogP contribution is -2.57. The van der Waals surface area contributed by atoms with Gasteiger partial charge < -0.3 is 5.11 Å². The number of hydrogen-bond donors (Lipinski definition) is 1. The van der Waals surface area contributed by atoms with Gasteiger partial charge in [0, 0.05) is 5.41 Å². The monoisotopic (exact) mass is 358 g/mol. The minimum absolute atomic E-state index is 0.0109. The molecular weight excluding hydrogens is 328 g/mol. The fourth-order valence-corrected chi connectivity index (χ4v) is 7.06. The minimum Gasteiger partial charge on any atom is -0.380 e. The molecule has 2 aromatic rings. The van der Waals surface area contributed by atoms with Crippen LogP contribution in [0.5, 0.6) is 0 Å². The highest BCUT2D eigenvalue weighted by molar-refractivity contribution is 5.41. The molecule has 4 fully saturated rings. The maximum Gasteiger partial charge on any atom is 0.120 e. The molecule has 0 spiro atoms. The van der Waals surface area contributed by atoms with Gasteiger partial charge in [0.25, 0.3) is 0 Å². The van der Waals surface area contributed by atoms with Crippen molar-refractivity contribution in [2.45, 2.75) is 50.5 Å². The molecule has 1 unspecified atom stereocenters. The molecule has 0 amide bonds. The number of aliphatic hydroxyl groups is 1. The van der Waals surface area contributed by atoms with E-state index in [4.69, 9.17) is 0 Å². The molecule has 1 heteroatoms. The van der Waals surface area contributed by atoms with Crippen molar-refractivity contribution in [1.29, 1.82) is 0 Å². The lowest BCUT2D eigenvalue weighted by Gasteiger charge is -2.62. The van der Waals surface area contributed by atoms with Crippen molar-refractivity contribution in [1.82, 2.24) is 0 Å². The summed E-state index contributed by atoms with van der Waals surface area (Å²) in [5.41, 5.74) is 2.50. The molecule has 6 rings (SSSR count). The summed E-state index contributed by atoms with van der Waals surface area (Å²) in [6, 6.07) is 19.2. The standard InChI is InChI=1S/C26H30O/c1-2-6-19-9-11-24(12-10-19)26(27,23-7-4-3-5-8-23)25-16-20-13-21(17-25)15-22(14-20)18-25/h2-5,7-12,20-22,27H,1,6,13-18H2. The van der Waals surface area contributed by atoms with Crippen molar-refractivity contribution in [2.75, 3.05) is 0 Å². The normalized spacial score (nSPS) is 33.6. The Morgan fingerprint density at radius 1 is 0.852 bits per heavy atom. The van der Waals surface area contributed by atoms with E-state index in [9.17, 15) is 5.11 Å². The maximum atomic E-state index is 12.5. The molecule has 2 aromatic carbocycles. The summed E-state index contributed by atoms with van der Waals surface area (Å²) < 4.78 is 0. The van der Waals surface area contributed by atoms with Crippen molar-refractivity contribution in [3.8, 4) is 0 Å². The van der Waals surface area contributed by atoms with Crippen LogP contribution in [0.25, 0.3) is 0 Å². The second-order valence-corrected chi connectivity index (χ2v) is 9.46. The molecular formula is C26H30O. The number of benzene rings is 2. The Kier molecular flexibility index (Phi) is 4.05. The first kappa shape index (κ1) is 17.3. The smallest absolute Gasteiger partial charge is 0.120 e. The predicted molar refractivity (Wildman–Crippen MR) is 110 cm³/mol. The average molecular weight is 359 g/mol. The van der Waals surface area contributed by atoms with Crippen LogP contribution in [0.2, 0.25) is 0 Å². The summed E-state index contributed by atoms with van der Waals surface area (Å²) in [6.45, 7) is 3.85. The molecule has 0 heterocycles. The second-order valence-electron chi connectivity index (χ2n) is 9.46. The maximum absolute atomic E-state index is 12.5. The fourth-order valence-electron chi connectivity index (χ4n) is 7.06. The van der Waals surface area contributed by atoms with E-state index in [2.05, 4.69) is 61.2 Å². The van der Waals surface area contributed by atoms with E-state index < -0.39 is 5.60 Å². The fraction of sp³-hybridized carbons (Fsp3) is 0.462. The molecule has 0 saturated heterocycles. The Labute approximate surface area is 163 Å². The number of rotatable bonds is 5. The predicted octanol–water partition coefficient (Wildman–Crippen LogP) is 5.87. The van der Waals surface area contributed by atoms with Gasteiger partial charge in [0.2, 0.25) is 0 Å². The molecule has 1 atom stereocenters. The van der Waals surface area contributed by atoms with Crippen LogP contribution in [0, 0.1) is 23.2 Å². The van der Waals surface area contributed by atoms with E-state index in [1.54, 1.807) is 0 Å². The molecule has 1 nitrogen and oxygen atoms in total. The quantitative estimate of drug-likeness (QED) is 0.663. The summed E-state index contributed by atoms with van der Waals surface area (Å²) in [7, 11) is 0. The van der Waals surface area contributed by atoms with E-state index in [-0.39, 0.29) is 5.41 Å². The molecule has 4 saturated carbocycles. The van der Waals surface area contributed by atoms with Crippen LogP contribution in [0.15, 0.2) is 67.3 Å². The van der Waals surface area contributed by atoms with Gasteiger partial charge in [0.1, 0.15) is 5.60 Å². The Balaban J connectivity index is 1.64. The van der Waals surface area contributed by atoms with Gasteiger partial charge in [0.15, 0.2) is 0 Å². The van der Waals surface area contributed by atoms with Crippen LogP contribution in [0.1, 0.15) is 55.2 Å². The first-order valence-electron chi connectivity index (χ1n) is 10.6. The summed E-state index contributed by atoms with van der Waals surface area (Å²) in [5.74, 6) is 2.43. The Bertz CT molecular complexity index is 784. The zero-order chi connectivity index (χ0) is 18.5. The van der Waals surface area contributed by atoms with Crippen LogP contribution in [0.4, 0.5) is 0 Å². The molecule has 27 heavy (non-hydrogen) atoms. The van der Waals surface area contributed by atoms with E-state index in [0.717, 1.165) is 35.3 Å². The molecule has 0 aliphatic heterocycles. The van der Waals surface area contributed by atoms with E-state index >= 15 is 0 Å². The van der Waals surface area contributed by atoms with Crippen LogP contribution < -0.4 is 0 Å². The molecule has 1 N–H and O–H groups in total. The van der Waals surface area contributed by atoms with Crippen molar-refractivity contribution in [2.24, 2.45) is 23.2 Å².